The van der Waals surface area contributed by atoms with Gasteiger partial charge in [0.15, 0.2) is 0 Å². The van der Waals surface area contributed by atoms with Gasteiger partial charge in [0.2, 0.25) is 0 Å². The molecule has 1 aliphatic rings. The molecule has 2 unspecified atom stereocenters. The molecule has 0 radical (unpaired) electrons. The minimum Gasteiger partial charge on any atom is -0.396 e. The zero-order valence-corrected chi connectivity index (χ0v) is 8.58. The first-order valence-electron chi connectivity index (χ1n) is 5.12. The smallest absolute Gasteiger partial charge is 0.0693 e. The highest BCUT2D eigenvalue weighted by molar-refractivity contribution is 4.89. The zero-order chi connectivity index (χ0) is 9.90. The van der Waals surface area contributed by atoms with Gasteiger partial charge in [0.1, 0.15) is 0 Å². The number of rotatable bonds is 4. The Balaban J connectivity index is 2.37. The SMILES string of the molecule is CC(C)(CCO)NC1CCCC1O. The van der Waals surface area contributed by atoms with Crippen LogP contribution in [0.2, 0.25) is 0 Å². The lowest BCUT2D eigenvalue weighted by Crippen LogP contribution is -2.49. The first-order chi connectivity index (χ1) is 6.05. The van der Waals surface area contributed by atoms with Crippen LogP contribution >= 0.6 is 0 Å². The predicted molar refractivity (Wildman–Crippen MR) is 52.6 cm³/mol. The normalized spacial score (nSPS) is 29.5. The van der Waals surface area contributed by atoms with Gasteiger partial charge in [-0.05, 0) is 39.5 Å². The van der Waals surface area contributed by atoms with Crippen LogP contribution in [0.25, 0.3) is 0 Å². The van der Waals surface area contributed by atoms with Gasteiger partial charge in [-0.2, -0.15) is 0 Å². The monoisotopic (exact) mass is 187 g/mol. The second-order valence-electron chi connectivity index (χ2n) is 4.61. The lowest BCUT2D eigenvalue weighted by Gasteiger charge is -2.31. The summed E-state index contributed by atoms with van der Waals surface area (Å²) in [6.45, 7) is 4.32. The second-order valence-corrected chi connectivity index (χ2v) is 4.61. The molecule has 1 aliphatic carbocycles. The third-order valence-electron chi connectivity index (χ3n) is 2.79. The van der Waals surface area contributed by atoms with E-state index in [1.165, 1.54) is 0 Å². The van der Waals surface area contributed by atoms with Crippen molar-refractivity contribution in [3.05, 3.63) is 0 Å². The average molecular weight is 187 g/mol. The van der Waals surface area contributed by atoms with E-state index in [2.05, 4.69) is 19.2 Å². The average Bonchev–Trinajstić information content (AvgIpc) is 2.35. The lowest BCUT2D eigenvalue weighted by atomic mass is 9.99. The molecule has 0 aliphatic heterocycles. The van der Waals surface area contributed by atoms with Gasteiger partial charge < -0.3 is 15.5 Å². The molecular formula is C10H21NO2. The maximum Gasteiger partial charge on any atom is 0.0693 e. The van der Waals surface area contributed by atoms with Gasteiger partial charge in [-0.15, -0.1) is 0 Å². The highest BCUT2D eigenvalue weighted by atomic mass is 16.3. The molecule has 0 aromatic carbocycles. The van der Waals surface area contributed by atoms with E-state index in [0.29, 0.717) is 0 Å². The van der Waals surface area contributed by atoms with Gasteiger partial charge >= 0.3 is 0 Å². The molecular weight excluding hydrogens is 166 g/mol. The topological polar surface area (TPSA) is 52.5 Å². The Bertz CT molecular complexity index is 159. The molecule has 3 nitrogen and oxygen atoms in total. The summed E-state index contributed by atoms with van der Waals surface area (Å²) in [6.07, 6.45) is 3.60. The van der Waals surface area contributed by atoms with E-state index in [9.17, 15) is 5.11 Å². The summed E-state index contributed by atoms with van der Waals surface area (Å²) >= 11 is 0. The molecule has 0 aromatic rings. The van der Waals surface area contributed by atoms with Crippen LogP contribution in [0.3, 0.4) is 0 Å². The Morgan fingerprint density at radius 2 is 2.08 bits per heavy atom. The van der Waals surface area contributed by atoms with Crippen LogP contribution in [-0.4, -0.2) is 34.5 Å². The number of hydrogen-bond donors (Lipinski definition) is 3. The fourth-order valence-electron chi connectivity index (χ4n) is 1.96. The van der Waals surface area contributed by atoms with Crippen molar-refractivity contribution < 1.29 is 10.2 Å². The third-order valence-corrected chi connectivity index (χ3v) is 2.79. The molecule has 1 fully saturated rings. The van der Waals surface area contributed by atoms with Crippen LogP contribution in [0.5, 0.6) is 0 Å². The summed E-state index contributed by atoms with van der Waals surface area (Å²) in [5.74, 6) is 0. The Morgan fingerprint density at radius 1 is 1.38 bits per heavy atom. The Kier molecular flexibility index (Phi) is 3.71. The van der Waals surface area contributed by atoms with Crippen LogP contribution < -0.4 is 5.32 Å². The van der Waals surface area contributed by atoms with Crippen molar-refractivity contribution in [2.75, 3.05) is 6.61 Å². The van der Waals surface area contributed by atoms with Crippen molar-refractivity contribution in [2.24, 2.45) is 0 Å². The highest BCUT2D eigenvalue weighted by Gasteiger charge is 2.29. The fraction of sp³-hybridized carbons (Fsp3) is 1.00. The molecule has 0 saturated heterocycles. The van der Waals surface area contributed by atoms with E-state index in [-0.39, 0.29) is 24.3 Å². The lowest BCUT2D eigenvalue weighted by molar-refractivity contribution is 0.123. The van der Waals surface area contributed by atoms with Crippen molar-refractivity contribution in [3.63, 3.8) is 0 Å². The highest BCUT2D eigenvalue weighted by Crippen LogP contribution is 2.22. The van der Waals surface area contributed by atoms with Crippen molar-refractivity contribution >= 4 is 0 Å². The molecule has 0 spiro atoms. The molecule has 0 heterocycles. The van der Waals surface area contributed by atoms with Crippen LogP contribution in [0, 0.1) is 0 Å². The maximum atomic E-state index is 9.60. The number of nitrogens with one attached hydrogen (secondary N) is 1. The minimum absolute atomic E-state index is 0.0647. The van der Waals surface area contributed by atoms with Crippen molar-refractivity contribution in [3.8, 4) is 0 Å². The third kappa shape index (κ3) is 3.25. The van der Waals surface area contributed by atoms with Crippen LogP contribution in [-0.2, 0) is 0 Å². The summed E-state index contributed by atoms with van der Waals surface area (Å²) in [4.78, 5) is 0. The van der Waals surface area contributed by atoms with E-state index in [4.69, 9.17) is 5.11 Å². The summed E-state index contributed by atoms with van der Waals surface area (Å²) in [7, 11) is 0. The van der Waals surface area contributed by atoms with Gasteiger partial charge in [-0.25, -0.2) is 0 Å². The Morgan fingerprint density at radius 3 is 2.54 bits per heavy atom. The molecule has 78 valence electrons. The molecule has 13 heavy (non-hydrogen) atoms. The Hall–Kier alpha value is -0.120. The largest absolute Gasteiger partial charge is 0.396 e. The maximum absolute atomic E-state index is 9.60. The molecule has 3 heteroatoms. The van der Waals surface area contributed by atoms with E-state index in [0.717, 1.165) is 25.7 Å². The minimum atomic E-state index is -0.196. The summed E-state index contributed by atoms with van der Waals surface area (Å²) in [6, 6.07) is 0.224. The van der Waals surface area contributed by atoms with Crippen LogP contribution in [0.15, 0.2) is 0 Å². The van der Waals surface area contributed by atoms with Crippen molar-refractivity contribution in [1.82, 2.24) is 5.32 Å². The van der Waals surface area contributed by atoms with Crippen LogP contribution in [0.4, 0.5) is 0 Å². The van der Waals surface area contributed by atoms with E-state index in [1.807, 2.05) is 0 Å². The molecule has 0 aromatic heterocycles. The summed E-state index contributed by atoms with van der Waals surface area (Å²) in [5, 5.41) is 21.8. The number of hydrogen-bond acceptors (Lipinski definition) is 3. The van der Waals surface area contributed by atoms with E-state index < -0.39 is 0 Å². The van der Waals surface area contributed by atoms with Crippen LogP contribution in [0.1, 0.15) is 39.5 Å². The van der Waals surface area contributed by atoms with E-state index in [1.54, 1.807) is 0 Å². The first kappa shape index (κ1) is 11.0. The fourth-order valence-corrected chi connectivity index (χ4v) is 1.96. The van der Waals surface area contributed by atoms with Crippen molar-refractivity contribution in [1.29, 1.82) is 0 Å². The van der Waals surface area contributed by atoms with Gasteiger partial charge in [-0.3, -0.25) is 0 Å². The predicted octanol–water partition coefficient (Wildman–Crippen LogP) is 0.650. The summed E-state index contributed by atoms with van der Waals surface area (Å²) < 4.78 is 0. The Labute approximate surface area is 80.2 Å². The summed E-state index contributed by atoms with van der Waals surface area (Å²) in [5.41, 5.74) is -0.0647. The molecule has 1 saturated carbocycles. The van der Waals surface area contributed by atoms with Gasteiger partial charge in [0.25, 0.3) is 0 Å². The second kappa shape index (κ2) is 4.40. The van der Waals surface area contributed by atoms with Gasteiger partial charge in [-0.1, -0.05) is 0 Å². The molecule has 2 atom stereocenters. The van der Waals surface area contributed by atoms with Crippen molar-refractivity contribution in [2.45, 2.75) is 57.2 Å². The van der Waals surface area contributed by atoms with Gasteiger partial charge in [0.05, 0.1) is 6.10 Å². The van der Waals surface area contributed by atoms with Gasteiger partial charge in [0, 0.05) is 18.2 Å². The number of aliphatic hydroxyl groups excluding tert-OH is 2. The van der Waals surface area contributed by atoms with E-state index >= 15 is 0 Å². The zero-order valence-electron chi connectivity index (χ0n) is 8.58. The first-order valence-corrected chi connectivity index (χ1v) is 5.12. The molecule has 0 bridgehead atoms. The molecule has 0 amide bonds. The molecule has 1 rings (SSSR count). The quantitative estimate of drug-likeness (QED) is 0.605. The molecule has 3 N–H and O–H groups in total. The standard InChI is InChI=1S/C10H21NO2/c1-10(2,6-7-12)11-8-4-3-5-9(8)13/h8-9,11-13H,3-7H2,1-2H3. The number of aliphatic hydroxyl groups is 2.